The maximum Gasteiger partial charge on any atom is 0.297 e. The number of nitrogens with zero attached hydrogens (tertiary/aromatic N) is 2. The summed E-state index contributed by atoms with van der Waals surface area (Å²) in [5.74, 6) is 0. The van der Waals surface area contributed by atoms with Gasteiger partial charge in [0.2, 0.25) is 5.65 Å². The molecule has 4 nitrogen and oxygen atoms in total. The number of fused-ring (bicyclic) bond motifs is 1. The molecule has 2 heterocycles. The first kappa shape index (κ1) is 14.1. The molecule has 0 aliphatic rings. The third-order valence-electron chi connectivity index (χ3n) is 3.09. The van der Waals surface area contributed by atoms with E-state index in [1.807, 2.05) is 0 Å². The molecule has 2 rings (SSSR count). The quantitative estimate of drug-likeness (QED) is 0.751. The van der Waals surface area contributed by atoms with Crippen molar-refractivity contribution in [1.29, 1.82) is 0 Å². The van der Waals surface area contributed by atoms with Crippen molar-refractivity contribution in [3.63, 3.8) is 0 Å². The van der Waals surface area contributed by atoms with Crippen LogP contribution in [0, 0.1) is 0 Å². The van der Waals surface area contributed by atoms with Gasteiger partial charge in [-0.05, 0) is 25.0 Å². The fourth-order valence-corrected chi connectivity index (χ4v) is 2.26. The number of pyridine rings is 1. The highest BCUT2D eigenvalue weighted by atomic mass is 35.5. The van der Waals surface area contributed by atoms with E-state index in [1.54, 1.807) is 12.1 Å². The average Bonchev–Trinajstić information content (AvgIpc) is 2.77. The highest BCUT2D eigenvalue weighted by Gasteiger charge is 2.12. The van der Waals surface area contributed by atoms with Crippen molar-refractivity contribution in [2.24, 2.45) is 0 Å². The molecule has 1 unspecified atom stereocenters. The lowest BCUT2D eigenvalue weighted by molar-refractivity contribution is 0.532. The van der Waals surface area contributed by atoms with Gasteiger partial charge < -0.3 is 9.73 Å². The van der Waals surface area contributed by atoms with Gasteiger partial charge in [-0.25, -0.2) is 4.98 Å². The Kier molecular flexibility index (Phi) is 5.02. The van der Waals surface area contributed by atoms with Crippen LogP contribution in [0.5, 0.6) is 0 Å². The van der Waals surface area contributed by atoms with Gasteiger partial charge in [0.25, 0.3) is 6.01 Å². The van der Waals surface area contributed by atoms with Crippen LogP contribution in [-0.2, 0) is 0 Å². The molecule has 2 aromatic heterocycles. The molecule has 0 saturated carbocycles. The maximum absolute atomic E-state index is 5.84. The van der Waals surface area contributed by atoms with Crippen molar-refractivity contribution in [2.75, 3.05) is 5.32 Å². The Morgan fingerprint density at radius 1 is 1.21 bits per heavy atom. The maximum atomic E-state index is 5.84. The summed E-state index contributed by atoms with van der Waals surface area (Å²) < 4.78 is 5.64. The van der Waals surface area contributed by atoms with Crippen molar-refractivity contribution in [3.05, 3.63) is 17.3 Å². The van der Waals surface area contributed by atoms with Gasteiger partial charge in [0.05, 0.1) is 0 Å². The zero-order valence-electron chi connectivity index (χ0n) is 11.4. The minimum Gasteiger partial charge on any atom is -0.422 e. The summed E-state index contributed by atoms with van der Waals surface area (Å²) in [6.45, 7) is 4.39. The van der Waals surface area contributed by atoms with E-state index < -0.39 is 0 Å². The van der Waals surface area contributed by atoms with E-state index in [-0.39, 0.29) is 0 Å². The van der Waals surface area contributed by atoms with E-state index in [2.05, 4.69) is 29.1 Å². The smallest absolute Gasteiger partial charge is 0.297 e. The Labute approximate surface area is 118 Å². The Balaban J connectivity index is 2.09. The van der Waals surface area contributed by atoms with Crippen LogP contribution in [0.3, 0.4) is 0 Å². The standard InChI is InChI=1S/C14H20ClN3O/c1-3-5-7-10(6-4-2)16-14-18-13-11(19-14)8-9-12(15)17-13/h8-10H,3-7H2,1-2H3,(H,16,17,18). The summed E-state index contributed by atoms with van der Waals surface area (Å²) in [5, 5.41) is 3.80. The van der Waals surface area contributed by atoms with E-state index in [0.29, 0.717) is 28.4 Å². The van der Waals surface area contributed by atoms with Crippen molar-refractivity contribution in [2.45, 2.75) is 52.0 Å². The monoisotopic (exact) mass is 281 g/mol. The number of oxazole rings is 1. The first-order chi connectivity index (χ1) is 9.22. The van der Waals surface area contributed by atoms with Crippen LogP contribution >= 0.6 is 11.6 Å². The van der Waals surface area contributed by atoms with Crippen LogP contribution in [0.1, 0.15) is 46.0 Å². The van der Waals surface area contributed by atoms with Gasteiger partial charge >= 0.3 is 0 Å². The third kappa shape index (κ3) is 3.83. The number of anilines is 1. The lowest BCUT2D eigenvalue weighted by Gasteiger charge is -2.15. The van der Waals surface area contributed by atoms with Gasteiger partial charge in [0.1, 0.15) is 5.15 Å². The molecule has 0 saturated heterocycles. The Hall–Kier alpha value is -1.29. The molecule has 0 aliphatic carbocycles. The van der Waals surface area contributed by atoms with Crippen LogP contribution in [0.25, 0.3) is 11.2 Å². The van der Waals surface area contributed by atoms with E-state index in [0.717, 1.165) is 19.3 Å². The molecule has 0 aromatic carbocycles. The average molecular weight is 282 g/mol. The lowest BCUT2D eigenvalue weighted by atomic mass is 10.1. The summed E-state index contributed by atoms with van der Waals surface area (Å²) in [6.07, 6.45) is 5.81. The van der Waals surface area contributed by atoms with Gasteiger partial charge in [-0.3, -0.25) is 0 Å². The van der Waals surface area contributed by atoms with Gasteiger partial charge in [0, 0.05) is 6.04 Å². The Bertz CT molecular complexity index is 526. The summed E-state index contributed by atoms with van der Waals surface area (Å²) in [6, 6.07) is 4.45. The van der Waals surface area contributed by atoms with Crippen LogP contribution in [0.15, 0.2) is 16.5 Å². The molecule has 19 heavy (non-hydrogen) atoms. The highest BCUT2D eigenvalue weighted by molar-refractivity contribution is 6.29. The number of hydrogen-bond donors (Lipinski definition) is 1. The second-order valence-electron chi connectivity index (χ2n) is 4.75. The summed E-state index contributed by atoms with van der Waals surface area (Å²) in [5.41, 5.74) is 1.22. The molecule has 0 spiro atoms. The molecule has 1 atom stereocenters. The number of nitrogens with one attached hydrogen (secondary N) is 1. The number of aromatic nitrogens is 2. The summed E-state index contributed by atoms with van der Waals surface area (Å²) >= 11 is 5.84. The summed E-state index contributed by atoms with van der Waals surface area (Å²) in [7, 11) is 0. The normalized spacial score (nSPS) is 12.8. The molecule has 0 aliphatic heterocycles. The van der Waals surface area contributed by atoms with E-state index in [1.165, 1.54) is 12.8 Å². The largest absolute Gasteiger partial charge is 0.422 e. The zero-order chi connectivity index (χ0) is 13.7. The number of halogens is 1. The van der Waals surface area contributed by atoms with Crippen molar-refractivity contribution < 1.29 is 4.42 Å². The first-order valence-electron chi connectivity index (χ1n) is 6.92. The fraction of sp³-hybridized carbons (Fsp3) is 0.571. The van der Waals surface area contributed by atoms with Crippen LogP contribution < -0.4 is 5.32 Å². The lowest BCUT2D eigenvalue weighted by Crippen LogP contribution is -2.19. The third-order valence-corrected chi connectivity index (χ3v) is 3.30. The van der Waals surface area contributed by atoms with E-state index >= 15 is 0 Å². The van der Waals surface area contributed by atoms with Crippen molar-refractivity contribution >= 4 is 28.8 Å². The second-order valence-corrected chi connectivity index (χ2v) is 5.13. The molecule has 0 fully saturated rings. The van der Waals surface area contributed by atoms with Crippen LogP contribution in [-0.4, -0.2) is 16.0 Å². The van der Waals surface area contributed by atoms with E-state index in [4.69, 9.17) is 16.0 Å². The Morgan fingerprint density at radius 2 is 2.05 bits per heavy atom. The van der Waals surface area contributed by atoms with Crippen molar-refractivity contribution in [1.82, 2.24) is 9.97 Å². The van der Waals surface area contributed by atoms with Crippen LogP contribution in [0.4, 0.5) is 6.01 Å². The minimum atomic E-state index is 0.411. The number of hydrogen-bond acceptors (Lipinski definition) is 4. The molecule has 5 heteroatoms. The highest BCUT2D eigenvalue weighted by Crippen LogP contribution is 2.21. The molecule has 0 bridgehead atoms. The van der Waals surface area contributed by atoms with Gasteiger partial charge in [-0.15, -0.1) is 0 Å². The van der Waals surface area contributed by atoms with Crippen molar-refractivity contribution in [3.8, 4) is 0 Å². The Morgan fingerprint density at radius 3 is 2.79 bits per heavy atom. The summed E-state index contributed by atoms with van der Waals surface area (Å²) in [4.78, 5) is 8.46. The molecule has 0 amide bonds. The molecular weight excluding hydrogens is 262 g/mol. The zero-order valence-corrected chi connectivity index (χ0v) is 12.2. The predicted octanol–water partition coefficient (Wildman–Crippen LogP) is 4.65. The number of unbranched alkanes of at least 4 members (excludes halogenated alkanes) is 1. The second kappa shape index (κ2) is 6.75. The predicted molar refractivity (Wildman–Crippen MR) is 78.7 cm³/mol. The molecule has 1 N–H and O–H groups in total. The topological polar surface area (TPSA) is 51.0 Å². The van der Waals surface area contributed by atoms with Gasteiger partial charge in [-0.2, -0.15) is 4.98 Å². The molecular formula is C14H20ClN3O. The van der Waals surface area contributed by atoms with Crippen LogP contribution in [0.2, 0.25) is 5.15 Å². The molecule has 2 aromatic rings. The molecule has 104 valence electrons. The van der Waals surface area contributed by atoms with Gasteiger partial charge in [-0.1, -0.05) is 44.7 Å². The minimum absolute atomic E-state index is 0.411. The SMILES string of the molecule is CCCCC(CCC)Nc1nc2nc(Cl)ccc2o1. The van der Waals surface area contributed by atoms with E-state index in [9.17, 15) is 0 Å². The number of rotatable bonds is 7. The first-order valence-corrected chi connectivity index (χ1v) is 7.30. The van der Waals surface area contributed by atoms with Gasteiger partial charge in [0.15, 0.2) is 5.58 Å². The molecule has 0 radical (unpaired) electrons. The fourth-order valence-electron chi connectivity index (χ4n) is 2.12.